The van der Waals surface area contributed by atoms with Gasteiger partial charge in [0.1, 0.15) is 5.82 Å². The second-order valence-electron chi connectivity index (χ2n) is 4.99. The first kappa shape index (κ1) is 15.8. The van der Waals surface area contributed by atoms with Crippen LogP contribution in [0.2, 0.25) is 0 Å². The van der Waals surface area contributed by atoms with Crippen LogP contribution in [0.25, 0.3) is 0 Å². The van der Waals surface area contributed by atoms with Gasteiger partial charge in [0.25, 0.3) is 0 Å². The van der Waals surface area contributed by atoms with Crippen molar-refractivity contribution in [3.63, 3.8) is 0 Å². The molecule has 0 radical (unpaired) electrons. The highest BCUT2D eigenvalue weighted by atomic mass is 35.5. The van der Waals surface area contributed by atoms with Crippen molar-refractivity contribution >= 4 is 12.4 Å². The van der Waals surface area contributed by atoms with Crippen LogP contribution in [0.15, 0.2) is 43.0 Å². The number of halogens is 2. The first-order chi connectivity index (χ1) is 9.83. The first-order valence-corrected chi connectivity index (χ1v) is 6.77. The number of rotatable bonds is 3. The van der Waals surface area contributed by atoms with Crippen molar-refractivity contribution < 1.29 is 4.39 Å². The quantitative estimate of drug-likeness (QED) is 0.943. The molecule has 1 atom stereocenters. The topological polar surface area (TPSA) is 41.1 Å². The number of hydrogen-bond acceptors (Lipinski definition) is 4. The molecule has 1 fully saturated rings. The number of nitrogens with one attached hydrogen (secondary N) is 1. The fourth-order valence-electron chi connectivity index (χ4n) is 2.61. The van der Waals surface area contributed by atoms with Crippen molar-refractivity contribution in [2.45, 2.75) is 12.6 Å². The Morgan fingerprint density at radius 1 is 1.29 bits per heavy atom. The van der Waals surface area contributed by atoms with Gasteiger partial charge in [0.05, 0.1) is 6.20 Å². The monoisotopic (exact) mass is 308 g/mol. The maximum absolute atomic E-state index is 13.2. The van der Waals surface area contributed by atoms with Crippen molar-refractivity contribution in [1.29, 1.82) is 0 Å². The second-order valence-corrected chi connectivity index (χ2v) is 4.99. The molecular weight excluding hydrogens is 291 g/mol. The summed E-state index contributed by atoms with van der Waals surface area (Å²) < 4.78 is 13.2. The summed E-state index contributed by atoms with van der Waals surface area (Å²) in [6.45, 7) is 3.45. The third kappa shape index (κ3) is 3.97. The van der Waals surface area contributed by atoms with Crippen LogP contribution in [-0.4, -0.2) is 34.5 Å². The maximum atomic E-state index is 13.2. The highest BCUT2D eigenvalue weighted by molar-refractivity contribution is 5.85. The van der Waals surface area contributed by atoms with Gasteiger partial charge in [0.2, 0.25) is 0 Å². The molecule has 1 aliphatic heterocycles. The van der Waals surface area contributed by atoms with Crippen molar-refractivity contribution in [2.24, 2.45) is 0 Å². The molecule has 0 saturated carbocycles. The van der Waals surface area contributed by atoms with E-state index in [1.807, 2.05) is 12.3 Å². The van der Waals surface area contributed by atoms with Crippen LogP contribution in [0, 0.1) is 5.82 Å². The lowest BCUT2D eigenvalue weighted by molar-refractivity contribution is 0.153. The third-order valence-corrected chi connectivity index (χ3v) is 3.57. The first-order valence-electron chi connectivity index (χ1n) is 6.77. The number of nitrogens with zero attached hydrogens (tertiary/aromatic N) is 3. The second kappa shape index (κ2) is 7.45. The Labute approximate surface area is 129 Å². The van der Waals surface area contributed by atoms with Gasteiger partial charge in [-0.1, -0.05) is 6.07 Å². The maximum Gasteiger partial charge on any atom is 0.141 e. The Bertz CT molecular complexity index is 567. The predicted octanol–water partition coefficient (Wildman–Crippen LogP) is 2.18. The van der Waals surface area contributed by atoms with E-state index in [-0.39, 0.29) is 24.3 Å². The van der Waals surface area contributed by atoms with Crippen LogP contribution in [0.5, 0.6) is 0 Å². The zero-order valence-electron chi connectivity index (χ0n) is 11.6. The summed E-state index contributed by atoms with van der Waals surface area (Å²) in [6.07, 6.45) is 6.64. The average Bonchev–Trinajstić information content (AvgIpc) is 2.49. The van der Waals surface area contributed by atoms with Crippen molar-refractivity contribution in [3.8, 4) is 0 Å². The van der Waals surface area contributed by atoms with Crippen molar-refractivity contribution in [2.75, 3.05) is 19.6 Å². The smallest absolute Gasteiger partial charge is 0.141 e. The summed E-state index contributed by atoms with van der Waals surface area (Å²) in [5.41, 5.74) is 2.09. The van der Waals surface area contributed by atoms with Crippen LogP contribution in [0.3, 0.4) is 0 Å². The summed E-state index contributed by atoms with van der Waals surface area (Å²) in [5.74, 6) is -0.282. The Hall–Kier alpha value is -1.56. The fourth-order valence-corrected chi connectivity index (χ4v) is 2.61. The number of piperazine rings is 1. The van der Waals surface area contributed by atoms with Crippen LogP contribution in [0.1, 0.15) is 17.2 Å². The van der Waals surface area contributed by atoms with Gasteiger partial charge in [-0.15, -0.1) is 12.4 Å². The van der Waals surface area contributed by atoms with E-state index in [1.54, 1.807) is 18.5 Å². The minimum atomic E-state index is -0.282. The molecule has 6 heteroatoms. The summed E-state index contributed by atoms with van der Waals surface area (Å²) >= 11 is 0. The number of hydrogen-bond donors (Lipinski definition) is 1. The zero-order chi connectivity index (χ0) is 13.8. The summed E-state index contributed by atoms with van der Waals surface area (Å²) in [7, 11) is 0. The molecule has 3 rings (SSSR count). The Morgan fingerprint density at radius 3 is 2.95 bits per heavy atom. The number of aromatic nitrogens is 2. The normalized spacial score (nSPS) is 19.0. The van der Waals surface area contributed by atoms with E-state index in [0.717, 1.165) is 25.2 Å². The Morgan fingerprint density at radius 2 is 2.19 bits per heavy atom. The van der Waals surface area contributed by atoms with Crippen LogP contribution >= 0.6 is 12.4 Å². The molecule has 1 N–H and O–H groups in total. The minimum absolute atomic E-state index is 0. The molecule has 21 heavy (non-hydrogen) atoms. The largest absolute Gasteiger partial charge is 0.314 e. The molecule has 0 spiro atoms. The van der Waals surface area contributed by atoms with E-state index in [2.05, 4.69) is 26.3 Å². The van der Waals surface area contributed by atoms with Gasteiger partial charge < -0.3 is 5.32 Å². The molecule has 1 saturated heterocycles. The van der Waals surface area contributed by atoms with Gasteiger partial charge >= 0.3 is 0 Å². The molecule has 2 aromatic heterocycles. The van der Waals surface area contributed by atoms with Gasteiger partial charge in [-0.05, 0) is 23.3 Å². The summed E-state index contributed by atoms with van der Waals surface area (Å²) in [5, 5.41) is 3.40. The highest BCUT2D eigenvalue weighted by Crippen LogP contribution is 2.23. The van der Waals surface area contributed by atoms with Crippen LogP contribution in [-0.2, 0) is 6.54 Å². The molecule has 0 aromatic carbocycles. The molecular formula is C15H18ClFN4. The van der Waals surface area contributed by atoms with Gasteiger partial charge in [-0.2, -0.15) is 0 Å². The van der Waals surface area contributed by atoms with Crippen molar-refractivity contribution in [1.82, 2.24) is 20.2 Å². The van der Waals surface area contributed by atoms with E-state index >= 15 is 0 Å². The molecule has 2 aromatic rings. The minimum Gasteiger partial charge on any atom is -0.314 e. The predicted molar refractivity (Wildman–Crippen MR) is 81.7 cm³/mol. The van der Waals surface area contributed by atoms with Crippen LogP contribution < -0.4 is 5.32 Å². The van der Waals surface area contributed by atoms with Gasteiger partial charge in [0.15, 0.2) is 0 Å². The van der Waals surface area contributed by atoms with E-state index in [1.165, 1.54) is 11.8 Å². The lowest BCUT2D eigenvalue weighted by Gasteiger charge is -2.36. The number of pyridine rings is 2. The highest BCUT2D eigenvalue weighted by Gasteiger charge is 2.23. The molecule has 1 aliphatic rings. The van der Waals surface area contributed by atoms with E-state index < -0.39 is 0 Å². The van der Waals surface area contributed by atoms with Crippen molar-refractivity contribution in [3.05, 3.63) is 59.9 Å². The lowest BCUT2D eigenvalue weighted by Crippen LogP contribution is -2.45. The molecule has 4 nitrogen and oxygen atoms in total. The Balaban J connectivity index is 0.00000161. The van der Waals surface area contributed by atoms with E-state index in [0.29, 0.717) is 6.54 Å². The van der Waals surface area contributed by atoms with Gasteiger partial charge in [-0.25, -0.2) is 4.39 Å². The van der Waals surface area contributed by atoms with Crippen LogP contribution in [0.4, 0.5) is 4.39 Å². The van der Waals surface area contributed by atoms with E-state index in [9.17, 15) is 4.39 Å². The average molecular weight is 309 g/mol. The lowest BCUT2D eigenvalue weighted by atomic mass is 10.0. The molecule has 0 amide bonds. The van der Waals surface area contributed by atoms with Gasteiger partial charge in [-0.3, -0.25) is 14.9 Å². The standard InChI is InChI=1S/C15H17FN4.ClH/c16-14-6-12(7-19-9-14)11-20-5-4-18-10-15(20)13-2-1-3-17-8-13;/h1-3,6-9,15,18H,4-5,10-11H2;1H. The molecule has 0 aliphatic carbocycles. The van der Waals surface area contributed by atoms with Gasteiger partial charge in [0, 0.05) is 50.8 Å². The molecule has 1 unspecified atom stereocenters. The SMILES string of the molecule is Cl.Fc1cncc(CN2CCNCC2c2cccnc2)c1. The summed E-state index contributed by atoms with van der Waals surface area (Å²) in [4.78, 5) is 10.4. The fraction of sp³-hybridized carbons (Fsp3) is 0.333. The molecule has 3 heterocycles. The molecule has 0 bridgehead atoms. The van der Waals surface area contributed by atoms with E-state index in [4.69, 9.17) is 0 Å². The summed E-state index contributed by atoms with van der Waals surface area (Å²) in [6, 6.07) is 5.85. The third-order valence-electron chi connectivity index (χ3n) is 3.57. The zero-order valence-corrected chi connectivity index (χ0v) is 12.4. The Kier molecular flexibility index (Phi) is 5.61. The molecule has 112 valence electrons.